The van der Waals surface area contributed by atoms with Crippen molar-refractivity contribution in [3.8, 4) is 5.75 Å². The summed E-state index contributed by atoms with van der Waals surface area (Å²) in [5.74, 6) is -1.94. The van der Waals surface area contributed by atoms with Crippen LogP contribution < -0.4 is 5.32 Å². The SMILES string of the molecule is CCOC(=O)C(=O)Nc1cc(CC)ccc1O. The minimum absolute atomic E-state index is 0.0835. The van der Waals surface area contributed by atoms with E-state index in [2.05, 4.69) is 10.1 Å². The van der Waals surface area contributed by atoms with Gasteiger partial charge >= 0.3 is 11.9 Å². The fourth-order valence-corrected chi connectivity index (χ4v) is 1.27. The molecule has 1 amide bonds. The normalized spacial score (nSPS) is 9.76. The highest BCUT2D eigenvalue weighted by atomic mass is 16.5. The monoisotopic (exact) mass is 237 g/mol. The summed E-state index contributed by atoms with van der Waals surface area (Å²) >= 11 is 0. The zero-order valence-electron chi connectivity index (χ0n) is 9.82. The Hall–Kier alpha value is -2.04. The van der Waals surface area contributed by atoms with Crippen LogP contribution >= 0.6 is 0 Å². The van der Waals surface area contributed by atoms with Gasteiger partial charge in [-0.25, -0.2) is 4.79 Å². The number of hydrogen-bond acceptors (Lipinski definition) is 4. The standard InChI is InChI=1S/C12H15NO4/c1-3-8-5-6-10(14)9(7-8)13-11(15)12(16)17-4-2/h5-7,14H,3-4H2,1-2H3,(H,13,15). The Labute approximate surface area is 99.4 Å². The van der Waals surface area contributed by atoms with Gasteiger partial charge in [0.2, 0.25) is 0 Å². The maximum absolute atomic E-state index is 11.4. The van der Waals surface area contributed by atoms with Crippen LogP contribution in [-0.2, 0) is 20.7 Å². The molecule has 5 nitrogen and oxygen atoms in total. The van der Waals surface area contributed by atoms with Crippen LogP contribution in [0.5, 0.6) is 5.75 Å². The number of rotatable bonds is 3. The van der Waals surface area contributed by atoms with Crippen LogP contribution in [0.25, 0.3) is 0 Å². The lowest BCUT2D eigenvalue weighted by atomic mass is 10.1. The highest BCUT2D eigenvalue weighted by Gasteiger charge is 2.16. The summed E-state index contributed by atoms with van der Waals surface area (Å²) in [7, 11) is 0. The largest absolute Gasteiger partial charge is 0.506 e. The van der Waals surface area contributed by atoms with Crippen LogP contribution in [0.1, 0.15) is 19.4 Å². The smallest absolute Gasteiger partial charge is 0.397 e. The van der Waals surface area contributed by atoms with Crippen molar-refractivity contribution in [2.24, 2.45) is 0 Å². The third kappa shape index (κ3) is 3.48. The van der Waals surface area contributed by atoms with Gasteiger partial charge in [-0.1, -0.05) is 13.0 Å². The maximum atomic E-state index is 11.4. The molecule has 0 aliphatic carbocycles. The number of carbonyl (C=O) groups is 2. The summed E-state index contributed by atoms with van der Waals surface area (Å²) in [5.41, 5.74) is 1.16. The molecule has 0 aliphatic heterocycles. The fourth-order valence-electron chi connectivity index (χ4n) is 1.27. The number of nitrogens with one attached hydrogen (secondary N) is 1. The van der Waals surface area contributed by atoms with Crippen molar-refractivity contribution in [2.75, 3.05) is 11.9 Å². The third-order valence-corrected chi connectivity index (χ3v) is 2.18. The first-order chi connectivity index (χ1) is 8.08. The predicted octanol–water partition coefficient (Wildman–Crippen LogP) is 1.46. The van der Waals surface area contributed by atoms with Gasteiger partial charge in [-0.05, 0) is 31.0 Å². The van der Waals surface area contributed by atoms with Gasteiger partial charge in [0, 0.05) is 0 Å². The number of benzene rings is 1. The molecule has 0 spiro atoms. The van der Waals surface area contributed by atoms with Gasteiger partial charge in [0.15, 0.2) is 0 Å². The number of hydrogen-bond donors (Lipinski definition) is 2. The predicted molar refractivity (Wildman–Crippen MR) is 62.7 cm³/mol. The van der Waals surface area contributed by atoms with Crippen LogP contribution in [-0.4, -0.2) is 23.6 Å². The first kappa shape index (κ1) is 13.0. The second-order valence-electron chi connectivity index (χ2n) is 3.38. The van der Waals surface area contributed by atoms with Crippen LogP contribution in [0.3, 0.4) is 0 Å². The van der Waals surface area contributed by atoms with Crippen molar-refractivity contribution in [2.45, 2.75) is 20.3 Å². The molecule has 2 N–H and O–H groups in total. The summed E-state index contributed by atoms with van der Waals surface area (Å²) in [6.07, 6.45) is 0.766. The Morgan fingerprint density at radius 3 is 2.65 bits per heavy atom. The average molecular weight is 237 g/mol. The number of aromatic hydroxyl groups is 1. The van der Waals surface area contributed by atoms with Crippen molar-refractivity contribution >= 4 is 17.6 Å². The Kier molecular flexibility index (Phi) is 4.51. The first-order valence-electron chi connectivity index (χ1n) is 5.38. The van der Waals surface area contributed by atoms with Crippen molar-refractivity contribution in [1.29, 1.82) is 0 Å². The number of phenolic OH excluding ortho intramolecular Hbond substituents is 1. The van der Waals surface area contributed by atoms with E-state index >= 15 is 0 Å². The second kappa shape index (κ2) is 5.89. The molecule has 17 heavy (non-hydrogen) atoms. The first-order valence-corrected chi connectivity index (χ1v) is 5.38. The van der Waals surface area contributed by atoms with Gasteiger partial charge in [-0.2, -0.15) is 0 Å². The molecule has 0 unspecified atom stereocenters. The third-order valence-electron chi connectivity index (χ3n) is 2.18. The maximum Gasteiger partial charge on any atom is 0.397 e. The lowest BCUT2D eigenvalue weighted by Crippen LogP contribution is -2.25. The molecule has 1 aromatic carbocycles. The number of anilines is 1. The summed E-state index contributed by atoms with van der Waals surface area (Å²) in [6.45, 7) is 3.69. The molecule has 92 valence electrons. The number of esters is 1. The molecule has 0 fully saturated rings. The number of ether oxygens (including phenoxy) is 1. The van der Waals surface area contributed by atoms with E-state index in [4.69, 9.17) is 0 Å². The second-order valence-corrected chi connectivity index (χ2v) is 3.38. The zero-order valence-corrected chi connectivity index (χ0v) is 9.82. The van der Waals surface area contributed by atoms with E-state index in [9.17, 15) is 14.7 Å². The number of carbonyl (C=O) groups excluding carboxylic acids is 2. The molecule has 0 saturated carbocycles. The molecular formula is C12H15NO4. The minimum Gasteiger partial charge on any atom is -0.506 e. The van der Waals surface area contributed by atoms with Gasteiger partial charge in [-0.15, -0.1) is 0 Å². The molecule has 0 saturated heterocycles. The molecule has 0 heterocycles. The zero-order chi connectivity index (χ0) is 12.8. The number of phenols is 1. The van der Waals surface area contributed by atoms with E-state index in [1.54, 1.807) is 19.1 Å². The van der Waals surface area contributed by atoms with Gasteiger partial charge in [0.25, 0.3) is 0 Å². The van der Waals surface area contributed by atoms with E-state index in [1.807, 2.05) is 6.92 Å². The average Bonchev–Trinajstić information content (AvgIpc) is 2.32. The van der Waals surface area contributed by atoms with E-state index in [1.165, 1.54) is 6.07 Å². The van der Waals surface area contributed by atoms with Crippen molar-refractivity contribution in [1.82, 2.24) is 0 Å². The van der Waals surface area contributed by atoms with Crippen molar-refractivity contribution in [3.05, 3.63) is 23.8 Å². The van der Waals surface area contributed by atoms with E-state index < -0.39 is 11.9 Å². The Balaban J connectivity index is 2.80. The molecule has 0 aromatic heterocycles. The van der Waals surface area contributed by atoms with Crippen molar-refractivity contribution < 1.29 is 19.4 Å². The number of amides is 1. The summed E-state index contributed by atoms with van der Waals surface area (Å²) in [4.78, 5) is 22.5. The quantitative estimate of drug-likeness (QED) is 0.474. The topological polar surface area (TPSA) is 75.6 Å². The summed E-state index contributed by atoms with van der Waals surface area (Å²) < 4.78 is 4.54. The van der Waals surface area contributed by atoms with E-state index in [0.29, 0.717) is 0 Å². The highest BCUT2D eigenvalue weighted by Crippen LogP contribution is 2.24. The van der Waals surface area contributed by atoms with Crippen LogP contribution in [0.15, 0.2) is 18.2 Å². The van der Waals surface area contributed by atoms with Crippen molar-refractivity contribution in [3.63, 3.8) is 0 Å². The highest BCUT2D eigenvalue weighted by molar-refractivity contribution is 6.37. The lowest BCUT2D eigenvalue weighted by Gasteiger charge is -2.08. The van der Waals surface area contributed by atoms with Gasteiger partial charge in [-0.3, -0.25) is 4.79 Å². The molecule has 0 bridgehead atoms. The van der Waals surface area contributed by atoms with E-state index in [0.717, 1.165) is 12.0 Å². The number of aryl methyl sites for hydroxylation is 1. The molecule has 1 rings (SSSR count). The molecule has 0 radical (unpaired) electrons. The molecular weight excluding hydrogens is 222 g/mol. The Morgan fingerprint density at radius 1 is 1.35 bits per heavy atom. The van der Waals surface area contributed by atoms with Crippen LogP contribution in [0.2, 0.25) is 0 Å². The van der Waals surface area contributed by atoms with Gasteiger partial charge < -0.3 is 15.2 Å². The molecule has 0 aliphatic rings. The Morgan fingerprint density at radius 2 is 2.06 bits per heavy atom. The fraction of sp³-hybridized carbons (Fsp3) is 0.333. The van der Waals surface area contributed by atoms with Crippen LogP contribution in [0.4, 0.5) is 5.69 Å². The summed E-state index contributed by atoms with van der Waals surface area (Å²) in [5, 5.41) is 11.8. The van der Waals surface area contributed by atoms with Gasteiger partial charge in [0.05, 0.1) is 12.3 Å². The molecule has 5 heteroatoms. The minimum atomic E-state index is -0.964. The summed E-state index contributed by atoms with van der Waals surface area (Å²) in [6, 6.07) is 4.83. The van der Waals surface area contributed by atoms with E-state index in [-0.39, 0.29) is 18.0 Å². The molecule has 0 atom stereocenters. The van der Waals surface area contributed by atoms with Crippen LogP contribution in [0, 0.1) is 0 Å². The lowest BCUT2D eigenvalue weighted by molar-refractivity contribution is -0.152. The Bertz CT molecular complexity index is 429. The molecule has 1 aromatic rings. The van der Waals surface area contributed by atoms with Gasteiger partial charge in [0.1, 0.15) is 5.75 Å².